The highest BCUT2D eigenvalue weighted by Gasteiger charge is 2.22. The summed E-state index contributed by atoms with van der Waals surface area (Å²) < 4.78 is 7.57. The molecule has 1 atom stereocenters. The molecule has 0 bridgehead atoms. The molecule has 0 radical (unpaired) electrons. The molecule has 2 N–H and O–H groups in total. The van der Waals surface area contributed by atoms with Crippen molar-refractivity contribution in [3.63, 3.8) is 0 Å². The van der Waals surface area contributed by atoms with Gasteiger partial charge in [-0.3, -0.25) is 4.68 Å². The third-order valence-electron chi connectivity index (χ3n) is 4.75. The van der Waals surface area contributed by atoms with E-state index in [-0.39, 0.29) is 6.04 Å². The minimum atomic E-state index is -0.134. The second kappa shape index (κ2) is 7.12. The first-order chi connectivity index (χ1) is 13.5. The second-order valence-corrected chi connectivity index (χ2v) is 6.98. The molecule has 9 heteroatoms. The number of aromatic amines is 1. The maximum Gasteiger partial charge on any atom is 0.182 e. The van der Waals surface area contributed by atoms with Crippen LogP contribution in [0.15, 0.2) is 31.1 Å². The van der Waals surface area contributed by atoms with Gasteiger partial charge in [0.05, 0.1) is 25.7 Å². The summed E-state index contributed by atoms with van der Waals surface area (Å²) in [6.07, 6.45) is 6.83. The van der Waals surface area contributed by atoms with Crippen LogP contribution in [0.2, 0.25) is 5.02 Å². The Morgan fingerprint density at radius 2 is 2.11 bits per heavy atom. The van der Waals surface area contributed by atoms with Gasteiger partial charge in [0.25, 0.3) is 0 Å². The SMILES string of the molecule is COc1c([C@H](C)Nc2ncnc3nc[nH]c23)cc(Cl)c(C)c1-c1cnn(C)c1. The van der Waals surface area contributed by atoms with Crippen molar-refractivity contribution in [3.8, 4) is 16.9 Å². The Kier molecular flexibility index (Phi) is 4.64. The maximum absolute atomic E-state index is 6.58. The van der Waals surface area contributed by atoms with E-state index >= 15 is 0 Å². The zero-order valence-electron chi connectivity index (χ0n) is 16.0. The van der Waals surface area contributed by atoms with Crippen molar-refractivity contribution in [2.45, 2.75) is 19.9 Å². The van der Waals surface area contributed by atoms with Crippen LogP contribution in [0.25, 0.3) is 22.3 Å². The van der Waals surface area contributed by atoms with Gasteiger partial charge in [-0.2, -0.15) is 5.10 Å². The third kappa shape index (κ3) is 3.05. The van der Waals surface area contributed by atoms with Gasteiger partial charge in [0.15, 0.2) is 11.5 Å². The number of halogens is 1. The summed E-state index contributed by atoms with van der Waals surface area (Å²) in [5, 5.41) is 8.36. The van der Waals surface area contributed by atoms with E-state index in [4.69, 9.17) is 16.3 Å². The molecule has 0 aliphatic heterocycles. The fraction of sp³-hybridized carbons (Fsp3) is 0.263. The Morgan fingerprint density at radius 1 is 1.29 bits per heavy atom. The van der Waals surface area contributed by atoms with Crippen LogP contribution in [-0.2, 0) is 7.05 Å². The van der Waals surface area contributed by atoms with Crippen molar-refractivity contribution in [1.82, 2.24) is 29.7 Å². The van der Waals surface area contributed by atoms with E-state index in [2.05, 4.69) is 30.4 Å². The van der Waals surface area contributed by atoms with Crippen molar-refractivity contribution in [1.29, 1.82) is 0 Å². The van der Waals surface area contributed by atoms with E-state index < -0.39 is 0 Å². The number of aromatic nitrogens is 6. The van der Waals surface area contributed by atoms with Crippen LogP contribution >= 0.6 is 11.6 Å². The monoisotopic (exact) mass is 397 g/mol. The number of H-pyrrole nitrogens is 1. The summed E-state index contributed by atoms with van der Waals surface area (Å²) >= 11 is 6.58. The minimum absolute atomic E-state index is 0.134. The first-order valence-electron chi connectivity index (χ1n) is 8.76. The van der Waals surface area contributed by atoms with Gasteiger partial charge in [0, 0.05) is 35.0 Å². The summed E-state index contributed by atoms with van der Waals surface area (Å²) in [6, 6.07) is 1.79. The normalized spacial score (nSPS) is 12.3. The van der Waals surface area contributed by atoms with E-state index in [1.165, 1.54) is 6.33 Å². The number of ether oxygens (including phenoxy) is 1. The van der Waals surface area contributed by atoms with Gasteiger partial charge in [-0.05, 0) is 25.5 Å². The lowest BCUT2D eigenvalue weighted by atomic mass is 9.95. The summed E-state index contributed by atoms with van der Waals surface area (Å²) in [7, 11) is 3.54. The molecule has 0 saturated carbocycles. The maximum atomic E-state index is 6.58. The highest BCUT2D eigenvalue weighted by atomic mass is 35.5. The van der Waals surface area contributed by atoms with E-state index in [0.717, 1.165) is 33.5 Å². The summed E-state index contributed by atoms with van der Waals surface area (Å²) in [6.45, 7) is 4.01. The Labute approximate surface area is 166 Å². The van der Waals surface area contributed by atoms with Crippen LogP contribution in [0.5, 0.6) is 5.75 Å². The molecule has 144 valence electrons. The summed E-state index contributed by atoms with van der Waals surface area (Å²) in [5.41, 5.74) is 5.10. The Morgan fingerprint density at radius 3 is 2.82 bits per heavy atom. The van der Waals surface area contributed by atoms with Crippen molar-refractivity contribution >= 4 is 28.6 Å². The molecule has 0 spiro atoms. The highest BCUT2D eigenvalue weighted by molar-refractivity contribution is 6.32. The quantitative estimate of drug-likeness (QED) is 0.530. The number of fused-ring (bicyclic) bond motifs is 1. The molecular formula is C19H20ClN7O. The number of aryl methyl sites for hydroxylation is 1. The van der Waals surface area contributed by atoms with Gasteiger partial charge >= 0.3 is 0 Å². The molecule has 0 fully saturated rings. The van der Waals surface area contributed by atoms with E-state index in [1.54, 1.807) is 18.1 Å². The minimum Gasteiger partial charge on any atom is -0.496 e. The lowest BCUT2D eigenvalue weighted by Crippen LogP contribution is -2.11. The Bertz CT molecular complexity index is 1150. The number of hydrogen-bond donors (Lipinski definition) is 2. The van der Waals surface area contributed by atoms with Crippen LogP contribution < -0.4 is 10.1 Å². The van der Waals surface area contributed by atoms with Crippen LogP contribution in [0.3, 0.4) is 0 Å². The number of methoxy groups -OCH3 is 1. The first kappa shape index (κ1) is 18.2. The summed E-state index contributed by atoms with van der Waals surface area (Å²) in [4.78, 5) is 15.7. The number of imidazole rings is 1. The lowest BCUT2D eigenvalue weighted by molar-refractivity contribution is 0.409. The molecule has 3 heterocycles. The average molecular weight is 398 g/mol. The number of benzene rings is 1. The van der Waals surface area contributed by atoms with Gasteiger partial charge in [0.2, 0.25) is 0 Å². The molecule has 0 amide bonds. The van der Waals surface area contributed by atoms with E-state index in [1.807, 2.05) is 39.4 Å². The van der Waals surface area contributed by atoms with Gasteiger partial charge < -0.3 is 15.0 Å². The lowest BCUT2D eigenvalue weighted by Gasteiger charge is -2.22. The first-order valence-corrected chi connectivity index (χ1v) is 9.14. The van der Waals surface area contributed by atoms with Crippen LogP contribution in [-0.4, -0.2) is 36.8 Å². The molecule has 4 aromatic rings. The zero-order valence-corrected chi connectivity index (χ0v) is 16.7. The predicted octanol–water partition coefficient (Wildman–Crippen LogP) is 3.90. The zero-order chi connectivity index (χ0) is 19.8. The largest absolute Gasteiger partial charge is 0.496 e. The molecule has 1 aromatic carbocycles. The molecule has 0 saturated heterocycles. The molecule has 8 nitrogen and oxygen atoms in total. The van der Waals surface area contributed by atoms with Gasteiger partial charge in [-0.1, -0.05) is 11.6 Å². The van der Waals surface area contributed by atoms with Crippen LogP contribution in [0, 0.1) is 6.92 Å². The van der Waals surface area contributed by atoms with Crippen molar-refractivity contribution in [2.24, 2.45) is 7.05 Å². The molecule has 28 heavy (non-hydrogen) atoms. The number of anilines is 1. The third-order valence-corrected chi connectivity index (χ3v) is 5.14. The van der Waals surface area contributed by atoms with Gasteiger partial charge in [-0.15, -0.1) is 0 Å². The predicted molar refractivity (Wildman–Crippen MR) is 109 cm³/mol. The molecule has 0 aliphatic carbocycles. The van der Waals surface area contributed by atoms with Crippen molar-refractivity contribution < 1.29 is 4.74 Å². The fourth-order valence-electron chi connectivity index (χ4n) is 3.34. The molecular weight excluding hydrogens is 378 g/mol. The number of nitrogens with one attached hydrogen (secondary N) is 2. The molecule has 3 aromatic heterocycles. The van der Waals surface area contributed by atoms with Crippen molar-refractivity contribution in [2.75, 3.05) is 12.4 Å². The Hall–Kier alpha value is -3.13. The number of rotatable bonds is 5. The smallest absolute Gasteiger partial charge is 0.182 e. The molecule has 0 aliphatic rings. The number of hydrogen-bond acceptors (Lipinski definition) is 6. The standard InChI is InChI=1S/C19H20ClN7O/c1-10-14(20)5-13(17(28-4)15(10)12-6-25-27(3)7-12)11(2)26-19-16-18(22-8-21-16)23-9-24-19/h5-9,11H,1-4H3,(H2,21,22,23,24,26)/t11-/m0/s1. The van der Waals surface area contributed by atoms with Crippen LogP contribution in [0.1, 0.15) is 24.1 Å². The Balaban J connectivity index is 1.80. The fourth-order valence-corrected chi connectivity index (χ4v) is 3.55. The summed E-state index contributed by atoms with van der Waals surface area (Å²) in [5.74, 6) is 1.42. The van der Waals surface area contributed by atoms with Gasteiger partial charge in [0.1, 0.15) is 17.6 Å². The molecule has 4 rings (SSSR count). The highest BCUT2D eigenvalue weighted by Crippen LogP contribution is 2.42. The van der Waals surface area contributed by atoms with E-state index in [0.29, 0.717) is 16.5 Å². The topological polar surface area (TPSA) is 93.5 Å². The van der Waals surface area contributed by atoms with Crippen LogP contribution in [0.4, 0.5) is 5.82 Å². The van der Waals surface area contributed by atoms with Gasteiger partial charge in [-0.25, -0.2) is 15.0 Å². The molecule has 0 unspecified atom stereocenters. The second-order valence-electron chi connectivity index (χ2n) is 6.57. The van der Waals surface area contributed by atoms with E-state index in [9.17, 15) is 0 Å². The average Bonchev–Trinajstić information content (AvgIpc) is 3.32. The number of nitrogens with zero attached hydrogens (tertiary/aromatic N) is 5. The van der Waals surface area contributed by atoms with Crippen molar-refractivity contribution in [3.05, 3.63) is 47.3 Å².